The fourth-order valence-electron chi connectivity index (χ4n) is 2.41. The lowest BCUT2D eigenvalue weighted by Gasteiger charge is -2.29. The molecule has 4 heteroatoms. The quantitative estimate of drug-likeness (QED) is 0.786. The van der Waals surface area contributed by atoms with Gasteiger partial charge in [0.05, 0.1) is 17.2 Å². The van der Waals surface area contributed by atoms with Gasteiger partial charge >= 0.3 is 0 Å². The fourth-order valence-corrected chi connectivity index (χ4v) is 2.63. The molecule has 0 amide bonds. The monoisotopic (exact) mass is 267 g/mol. The van der Waals surface area contributed by atoms with Gasteiger partial charge in [-0.25, -0.2) is 0 Å². The van der Waals surface area contributed by atoms with Crippen LogP contribution < -0.4 is 4.90 Å². The predicted molar refractivity (Wildman–Crippen MR) is 73.7 cm³/mol. The van der Waals surface area contributed by atoms with Crippen LogP contribution in [0.2, 0.25) is 5.02 Å². The van der Waals surface area contributed by atoms with E-state index in [1.54, 1.807) is 6.07 Å². The number of nitrogens with zero attached hydrogens (tertiary/aromatic N) is 1. The summed E-state index contributed by atoms with van der Waals surface area (Å²) in [5.41, 5.74) is 1.46. The van der Waals surface area contributed by atoms with Crippen molar-refractivity contribution in [1.29, 1.82) is 0 Å². The average Bonchev–Trinajstić information content (AvgIpc) is 2.39. The summed E-state index contributed by atoms with van der Waals surface area (Å²) in [4.78, 5) is 13.2. The summed E-state index contributed by atoms with van der Waals surface area (Å²) in [7, 11) is 1.99. The maximum absolute atomic E-state index is 11.1. The first-order valence-electron chi connectivity index (χ1n) is 6.25. The Kier molecular flexibility index (Phi) is 4.61. The zero-order chi connectivity index (χ0) is 13.0. The number of carbonyl (C=O) groups excluding carboxylic acids is 1. The molecule has 0 N–H and O–H groups in total. The fraction of sp³-hybridized carbons (Fsp3) is 0.500. The van der Waals surface area contributed by atoms with Crippen molar-refractivity contribution in [2.24, 2.45) is 5.92 Å². The highest BCUT2D eigenvalue weighted by molar-refractivity contribution is 6.33. The Morgan fingerprint density at radius 2 is 2.39 bits per heavy atom. The number of carbonyl (C=O) groups is 1. The number of hydrogen-bond donors (Lipinski definition) is 0. The molecule has 0 spiro atoms. The minimum Gasteiger partial charge on any atom is -0.381 e. The highest BCUT2D eigenvalue weighted by Gasteiger charge is 2.18. The van der Waals surface area contributed by atoms with Gasteiger partial charge in [0.2, 0.25) is 0 Å². The molecule has 1 saturated heterocycles. The minimum absolute atomic E-state index is 0.509. The molecule has 0 bridgehead atoms. The van der Waals surface area contributed by atoms with E-state index in [2.05, 4.69) is 4.90 Å². The summed E-state index contributed by atoms with van der Waals surface area (Å²) in [6.45, 7) is 2.57. The third kappa shape index (κ3) is 3.03. The van der Waals surface area contributed by atoms with Crippen molar-refractivity contribution in [3.8, 4) is 0 Å². The first-order valence-corrected chi connectivity index (χ1v) is 6.62. The Bertz CT molecular complexity index is 416. The Morgan fingerprint density at radius 1 is 1.56 bits per heavy atom. The number of halogens is 1. The Labute approximate surface area is 113 Å². The second kappa shape index (κ2) is 6.21. The van der Waals surface area contributed by atoms with Gasteiger partial charge in [0.15, 0.2) is 6.29 Å². The topological polar surface area (TPSA) is 29.5 Å². The van der Waals surface area contributed by atoms with Gasteiger partial charge in [0.25, 0.3) is 0 Å². The normalized spacial score (nSPS) is 19.6. The minimum atomic E-state index is 0.509. The number of rotatable bonds is 4. The number of ether oxygens (including phenoxy) is 1. The summed E-state index contributed by atoms with van der Waals surface area (Å²) in [5, 5.41) is 0.509. The van der Waals surface area contributed by atoms with Crippen LogP contribution in [0.5, 0.6) is 0 Å². The maximum Gasteiger partial charge on any atom is 0.153 e. The molecule has 0 saturated carbocycles. The molecule has 0 aliphatic carbocycles. The van der Waals surface area contributed by atoms with Crippen molar-refractivity contribution in [1.82, 2.24) is 0 Å². The molecule has 18 heavy (non-hydrogen) atoms. The van der Waals surface area contributed by atoms with Gasteiger partial charge < -0.3 is 9.64 Å². The second-order valence-corrected chi connectivity index (χ2v) is 5.16. The summed E-state index contributed by atoms with van der Waals surface area (Å²) < 4.78 is 5.48. The van der Waals surface area contributed by atoms with E-state index in [0.717, 1.165) is 38.2 Å². The summed E-state index contributed by atoms with van der Waals surface area (Å²) in [5.74, 6) is 0.530. The first kappa shape index (κ1) is 13.4. The van der Waals surface area contributed by atoms with E-state index in [1.807, 2.05) is 19.2 Å². The first-order chi connectivity index (χ1) is 8.72. The molecule has 1 aromatic carbocycles. The lowest BCUT2D eigenvalue weighted by atomic mass is 10.0. The molecule has 3 nitrogen and oxygen atoms in total. The van der Waals surface area contributed by atoms with Crippen LogP contribution in [0.4, 0.5) is 5.69 Å². The van der Waals surface area contributed by atoms with Crippen molar-refractivity contribution in [2.75, 3.05) is 31.7 Å². The lowest BCUT2D eigenvalue weighted by Crippen LogP contribution is -2.31. The number of benzene rings is 1. The van der Waals surface area contributed by atoms with Gasteiger partial charge in [0, 0.05) is 25.9 Å². The van der Waals surface area contributed by atoms with Crippen LogP contribution in [0.15, 0.2) is 18.2 Å². The molecular formula is C14H18ClNO2. The van der Waals surface area contributed by atoms with Crippen molar-refractivity contribution < 1.29 is 9.53 Å². The van der Waals surface area contributed by atoms with Crippen LogP contribution in [0.1, 0.15) is 23.2 Å². The number of aldehydes is 1. The molecule has 2 rings (SSSR count). The molecule has 1 fully saturated rings. The van der Waals surface area contributed by atoms with Crippen LogP contribution in [0, 0.1) is 5.92 Å². The van der Waals surface area contributed by atoms with E-state index in [4.69, 9.17) is 16.3 Å². The van der Waals surface area contributed by atoms with Crippen LogP contribution >= 0.6 is 11.6 Å². The highest BCUT2D eigenvalue weighted by Crippen LogP contribution is 2.26. The van der Waals surface area contributed by atoms with E-state index in [1.165, 1.54) is 6.42 Å². The molecule has 0 aromatic heterocycles. The van der Waals surface area contributed by atoms with Crippen molar-refractivity contribution in [3.63, 3.8) is 0 Å². The maximum atomic E-state index is 11.1. The van der Waals surface area contributed by atoms with Gasteiger partial charge in [-0.05, 0) is 30.9 Å². The SMILES string of the molecule is CN(CC1CCCOC1)c1cccc(Cl)c1C=O. The van der Waals surface area contributed by atoms with Gasteiger partial charge in [-0.3, -0.25) is 4.79 Å². The standard InChI is InChI=1S/C14H18ClNO2/c1-16(8-11-4-3-7-18-10-11)14-6-2-5-13(15)12(14)9-17/h2,5-6,9,11H,3-4,7-8,10H2,1H3. The van der Waals surface area contributed by atoms with E-state index in [9.17, 15) is 4.79 Å². The van der Waals surface area contributed by atoms with Crippen molar-refractivity contribution in [3.05, 3.63) is 28.8 Å². The van der Waals surface area contributed by atoms with E-state index >= 15 is 0 Å². The molecular weight excluding hydrogens is 250 g/mol. The molecule has 1 aliphatic rings. The van der Waals surface area contributed by atoms with Crippen LogP contribution in [0.3, 0.4) is 0 Å². The van der Waals surface area contributed by atoms with Crippen LogP contribution in [0.25, 0.3) is 0 Å². The Hall–Kier alpha value is -1.06. The van der Waals surface area contributed by atoms with Crippen molar-refractivity contribution >= 4 is 23.6 Å². The summed E-state index contributed by atoms with van der Waals surface area (Å²) in [6.07, 6.45) is 3.13. The van der Waals surface area contributed by atoms with E-state index in [-0.39, 0.29) is 0 Å². The molecule has 1 heterocycles. The Morgan fingerprint density at radius 3 is 3.06 bits per heavy atom. The lowest BCUT2D eigenvalue weighted by molar-refractivity contribution is 0.0576. The molecule has 1 aromatic rings. The van der Waals surface area contributed by atoms with E-state index in [0.29, 0.717) is 16.5 Å². The summed E-state index contributed by atoms with van der Waals surface area (Å²) >= 11 is 6.03. The van der Waals surface area contributed by atoms with Crippen LogP contribution in [-0.4, -0.2) is 33.1 Å². The summed E-state index contributed by atoms with van der Waals surface area (Å²) in [6, 6.07) is 5.55. The van der Waals surface area contributed by atoms with Gasteiger partial charge in [-0.15, -0.1) is 0 Å². The van der Waals surface area contributed by atoms with Gasteiger partial charge in [-0.2, -0.15) is 0 Å². The zero-order valence-corrected chi connectivity index (χ0v) is 11.3. The predicted octanol–water partition coefficient (Wildman–Crippen LogP) is 3.02. The van der Waals surface area contributed by atoms with Gasteiger partial charge in [-0.1, -0.05) is 17.7 Å². The average molecular weight is 268 g/mol. The third-order valence-corrected chi connectivity index (χ3v) is 3.68. The molecule has 98 valence electrons. The number of hydrogen-bond acceptors (Lipinski definition) is 3. The Balaban J connectivity index is 2.10. The smallest absolute Gasteiger partial charge is 0.153 e. The van der Waals surface area contributed by atoms with Crippen molar-refractivity contribution in [2.45, 2.75) is 12.8 Å². The largest absolute Gasteiger partial charge is 0.381 e. The number of anilines is 1. The third-order valence-electron chi connectivity index (χ3n) is 3.35. The van der Waals surface area contributed by atoms with Gasteiger partial charge in [0.1, 0.15) is 0 Å². The second-order valence-electron chi connectivity index (χ2n) is 4.75. The van der Waals surface area contributed by atoms with E-state index < -0.39 is 0 Å². The molecule has 1 aliphatic heterocycles. The van der Waals surface area contributed by atoms with Crippen LogP contribution in [-0.2, 0) is 4.74 Å². The highest BCUT2D eigenvalue weighted by atomic mass is 35.5. The zero-order valence-electron chi connectivity index (χ0n) is 10.6. The molecule has 1 unspecified atom stereocenters. The molecule has 1 atom stereocenters. The molecule has 0 radical (unpaired) electrons.